The summed E-state index contributed by atoms with van der Waals surface area (Å²) in [5.41, 5.74) is 1.99. The summed E-state index contributed by atoms with van der Waals surface area (Å²) >= 11 is 0. The standard InChI is InChI=1S/C23H34FN3O/c1-6-16(17-10-22(28)25-13-17)14-27-20-8-7-18(24)11-19(20)26-21(27)9-15(2)12-23(3,4)5/h7-8,11,15-17H,6,9-10,12-14H2,1-5H3,(H,25,28). The number of halogens is 1. The largest absolute Gasteiger partial charge is 0.356 e. The second-order valence-electron chi connectivity index (χ2n) is 9.78. The fourth-order valence-corrected chi connectivity index (χ4v) is 4.75. The van der Waals surface area contributed by atoms with Crippen molar-refractivity contribution in [3.63, 3.8) is 0 Å². The molecular formula is C23H34FN3O. The van der Waals surface area contributed by atoms with Crippen LogP contribution in [0, 0.1) is 29.0 Å². The van der Waals surface area contributed by atoms with Crippen LogP contribution in [0.4, 0.5) is 4.39 Å². The van der Waals surface area contributed by atoms with Crippen LogP contribution >= 0.6 is 0 Å². The summed E-state index contributed by atoms with van der Waals surface area (Å²) in [6.45, 7) is 12.8. The number of carbonyl (C=O) groups is 1. The Bertz CT molecular complexity index is 836. The molecule has 0 aliphatic carbocycles. The van der Waals surface area contributed by atoms with E-state index >= 15 is 0 Å². The summed E-state index contributed by atoms with van der Waals surface area (Å²) < 4.78 is 16.1. The zero-order chi connectivity index (χ0) is 20.5. The number of rotatable bonds is 7. The van der Waals surface area contributed by atoms with Crippen molar-refractivity contribution in [2.75, 3.05) is 6.54 Å². The van der Waals surface area contributed by atoms with Gasteiger partial charge >= 0.3 is 0 Å². The summed E-state index contributed by atoms with van der Waals surface area (Å²) in [5.74, 6) is 2.20. The van der Waals surface area contributed by atoms with E-state index in [4.69, 9.17) is 4.98 Å². The van der Waals surface area contributed by atoms with Crippen LogP contribution in [0.3, 0.4) is 0 Å². The number of aromatic nitrogens is 2. The van der Waals surface area contributed by atoms with Gasteiger partial charge in [0.05, 0.1) is 11.0 Å². The molecular weight excluding hydrogens is 353 g/mol. The van der Waals surface area contributed by atoms with Gasteiger partial charge in [0.1, 0.15) is 11.6 Å². The number of nitrogens with zero attached hydrogens (tertiary/aromatic N) is 2. The van der Waals surface area contributed by atoms with Crippen LogP contribution in [0.2, 0.25) is 0 Å². The Balaban J connectivity index is 1.90. The van der Waals surface area contributed by atoms with Crippen molar-refractivity contribution >= 4 is 16.9 Å². The van der Waals surface area contributed by atoms with Crippen LogP contribution in [0.1, 0.15) is 59.7 Å². The van der Waals surface area contributed by atoms with Crippen LogP contribution < -0.4 is 5.32 Å². The van der Waals surface area contributed by atoms with Gasteiger partial charge < -0.3 is 9.88 Å². The Morgan fingerprint density at radius 2 is 2.11 bits per heavy atom. The summed E-state index contributed by atoms with van der Waals surface area (Å²) in [4.78, 5) is 16.5. The van der Waals surface area contributed by atoms with E-state index in [1.54, 1.807) is 0 Å². The smallest absolute Gasteiger partial charge is 0.220 e. The molecule has 1 aromatic carbocycles. The van der Waals surface area contributed by atoms with Crippen molar-refractivity contribution in [1.29, 1.82) is 0 Å². The number of hydrogen-bond acceptors (Lipinski definition) is 2. The number of benzene rings is 1. The van der Waals surface area contributed by atoms with Crippen LogP contribution in [0.5, 0.6) is 0 Å². The lowest BCUT2D eigenvalue weighted by Crippen LogP contribution is -2.24. The van der Waals surface area contributed by atoms with Gasteiger partial charge in [0.15, 0.2) is 0 Å². The predicted molar refractivity (Wildman–Crippen MR) is 112 cm³/mol. The van der Waals surface area contributed by atoms with Crippen LogP contribution in [0.25, 0.3) is 11.0 Å². The van der Waals surface area contributed by atoms with E-state index < -0.39 is 0 Å². The molecule has 0 bridgehead atoms. The van der Waals surface area contributed by atoms with E-state index in [1.165, 1.54) is 12.1 Å². The quantitative estimate of drug-likeness (QED) is 0.730. The van der Waals surface area contributed by atoms with Gasteiger partial charge in [-0.1, -0.05) is 41.0 Å². The third-order valence-electron chi connectivity index (χ3n) is 5.90. The Morgan fingerprint density at radius 3 is 2.71 bits per heavy atom. The molecule has 0 radical (unpaired) electrons. The minimum absolute atomic E-state index is 0.153. The number of amides is 1. The first kappa shape index (κ1) is 20.8. The van der Waals surface area contributed by atoms with Crippen LogP contribution in [-0.2, 0) is 17.8 Å². The lowest BCUT2D eigenvalue weighted by Gasteiger charge is -2.25. The van der Waals surface area contributed by atoms with Gasteiger partial charge in [-0.05, 0) is 41.7 Å². The van der Waals surface area contributed by atoms with E-state index in [1.807, 2.05) is 6.07 Å². The highest BCUT2D eigenvalue weighted by Gasteiger charge is 2.29. The highest BCUT2D eigenvalue weighted by atomic mass is 19.1. The van der Waals surface area contributed by atoms with Gasteiger partial charge in [-0.3, -0.25) is 4.79 Å². The first-order valence-corrected chi connectivity index (χ1v) is 10.6. The molecule has 3 unspecified atom stereocenters. The summed E-state index contributed by atoms with van der Waals surface area (Å²) in [6.07, 6.45) is 3.61. The van der Waals surface area contributed by atoms with Crippen molar-refractivity contribution in [2.24, 2.45) is 23.2 Å². The average molecular weight is 388 g/mol. The molecule has 1 saturated heterocycles. The van der Waals surface area contributed by atoms with Crippen molar-refractivity contribution in [2.45, 2.75) is 66.8 Å². The van der Waals surface area contributed by atoms with E-state index in [0.717, 1.165) is 49.2 Å². The molecule has 1 aliphatic heterocycles. The summed E-state index contributed by atoms with van der Waals surface area (Å²) in [7, 11) is 0. The van der Waals surface area contributed by atoms with Crippen molar-refractivity contribution in [3.05, 3.63) is 29.8 Å². The number of nitrogens with one attached hydrogen (secondary N) is 1. The molecule has 154 valence electrons. The molecule has 4 nitrogen and oxygen atoms in total. The number of fused-ring (bicyclic) bond motifs is 1. The second kappa shape index (κ2) is 8.22. The lowest BCUT2D eigenvalue weighted by molar-refractivity contribution is -0.119. The molecule has 28 heavy (non-hydrogen) atoms. The maximum atomic E-state index is 13.8. The number of hydrogen-bond donors (Lipinski definition) is 1. The van der Waals surface area contributed by atoms with Crippen molar-refractivity contribution in [1.82, 2.24) is 14.9 Å². The molecule has 0 saturated carbocycles. The van der Waals surface area contributed by atoms with Crippen molar-refractivity contribution < 1.29 is 9.18 Å². The molecule has 1 aromatic heterocycles. The minimum Gasteiger partial charge on any atom is -0.356 e. The van der Waals surface area contributed by atoms with E-state index in [2.05, 4.69) is 44.5 Å². The highest BCUT2D eigenvalue weighted by Crippen LogP contribution is 2.30. The number of carbonyl (C=O) groups excluding carboxylic acids is 1. The fraction of sp³-hybridized carbons (Fsp3) is 0.652. The van der Waals surface area contributed by atoms with E-state index in [9.17, 15) is 9.18 Å². The van der Waals surface area contributed by atoms with Gasteiger partial charge in [0, 0.05) is 32.0 Å². The Hall–Kier alpha value is -1.91. The third kappa shape index (κ3) is 4.92. The first-order chi connectivity index (χ1) is 13.2. The van der Waals surface area contributed by atoms with Gasteiger partial charge in [-0.15, -0.1) is 0 Å². The molecule has 3 rings (SSSR count). The van der Waals surface area contributed by atoms with Crippen LogP contribution in [0.15, 0.2) is 18.2 Å². The predicted octanol–water partition coefficient (Wildman–Crippen LogP) is 4.95. The lowest BCUT2D eigenvalue weighted by atomic mass is 9.84. The number of imidazole rings is 1. The highest BCUT2D eigenvalue weighted by molar-refractivity contribution is 5.78. The Kier molecular flexibility index (Phi) is 6.11. The maximum absolute atomic E-state index is 13.8. The van der Waals surface area contributed by atoms with Crippen molar-refractivity contribution in [3.8, 4) is 0 Å². The molecule has 2 heterocycles. The zero-order valence-corrected chi connectivity index (χ0v) is 17.9. The fourth-order valence-electron chi connectivity index (χ4n) is 4.75. The molecule has 1 N–H and O–H groups in total. The molecule has 5 heteroatoms. The monoisotopic (exact) mass is 387 g/mol. The first-order valence-electron chi connectivity index (χ1n) is 10.6. The summed E-state index contributed by atoms with van der Waals surface area (Å²) in [5, 5.41) is 2.97. The summed E-state index contributed by atoms with van der Waals surface area (Å²) in [6, 6.07) is 4.90. The van der Waals surface area contributed by atoms with Gasteiger partial charge in [-0.2, -0.15) is 0 Å². The topological polar surface area (TPSA) is 46.9 Å². The Morgan fingerprint density at radius 1 is 1.36 bits per heavy atom. The normalized spacial score (nSPS) is 19.8. The third-order valence-corrected chi connectivity index (χ3v) is 5.90. The molecule has 0 spiro atoms. The molecule has 1 amide bonds. The SMILES string of the molecule is CCC(Cn1c(CC(C)CC(C)(C)C)nc2cc(F)ccc21)C1CNC(=O)C1. The molecule has 1 aliphatic rings. The minimum atomic E-state index is -0.246. The zero-order valence-electron chi connectivity index (χ0n) is 17.9. The van der Waals surface area contributed by atoms with E-state index in [0.29, 0.717) is 24.2 Å². The second-order valence-corrected chi connectivity index (χ2v) is 9.78. The van der Waals surface area contributed by atoms with Gasteiger partial charge in [0.25, 0.3) is 0 Å². The average Bonchev–Trinajstić information content (AvgIpc) is 3.14. The molecule has 2 aromatic rings. The molecule has 3 atom stereocenters. The van der Waals surface area contributed by atoms with Gasteiger partial charge in [0.2, 0.25) is 5.91 Å². The Labute approximate surface area is 167 Å². The molecule has 1 fully saturated rings. The van der Waals surface area contributed by atoms with E-state index in [-0.39, 0.29) is 17.1 Å². The van der Waals surface area contributed by atoms with Gasteiger partial charge in [-0.25, -0.2) is 9.37 Å². The maximum Gasteiger partial charge on any atom is 0.220 e. The van der Waals surface area contributed by atoms with Crippen LogP contribution in [-0.4, -0.2) is 22.0 Å².